The van der Waals surface area contributed by atoms with Crippen LogP contribution in [0.25, 0.3) is 0 Å². The Morgan fingerprint density at radius 2 is 1.88 bits per heavy atom. The molecule has 0 aliphatic carbocycles. The first-order valence-electron chi connectivity index (χ1n) is 8.79. The van der Waals surface area contributed by atoms with Crippen molar-refractivity contribution in [1.82, 2.24) is 9.80 Å². The number of piperidine rings is 1. The molecule has 1 aromatic rings. The predicted octanol–water partition coefficient (Wildman–Crippen LogP) is 1.86. The summed E-state index contributed by atoms with van der Waals surface area (Å²) >= 11 is 0. The maximum Gasteiger partial charge on any atom is 0.248 e. The van der Waals surface area contributed by atoms with Crippen molar-refractivity contribution in [3.63, 3.8) is 0 Å². The van der Waals surface area contributed by atoms with Gasteiger partial charge in [-0.3, -0.25) is 9.59 Å². The van der Waals surface area contributed by atoms with Gasteiger partial charge in [-0.15, -0.1) is 0 Å². The largest absolute Gasteiger partial charge is 0.497 e. The van der Waals surface area contributed by atoms with E-state index in [9.17, 15) is 9.59 Å². The second-order valence-electron chi connectivity index (χ2n) is 6.87. The lowest BCUT2D eigenvalue weighted by atomic mass is 9.85. The van der Waals surface area contributed by atoms with Crippen LogP contribution in [0.4, 0.5) is 0 Å². The van der Waals surface area contributed by atoms with E-state index in [-0.39, 0.29) is 18.2 Å². The third kappa shape index (κ3) is 3.05. The molecule has 2 aliphatic rings. The van der Waals surface area contributed by atoms with Crippen LogP contribution in [0.5, 0.6) is 11.5 Å². The molecule has 2 amide bonds. The average Bonchev–Trinajstić information content (AvgIpc) is 3.04. The van der Waals surface area contributed by atoms with Gasteiger partial charge in [0.15, 0.2) is 0 Å². The number of methoxy groups -OCH3 is 2. The Hall–Kier alpha value is -2.24. The van der Waals surface area contributed by atoms with Crippen molar-refractivity contribution in [2.45, 2.75) is 37.6 Å². The molecule has 6 heteroatoms. The lowest BCUT2D eigenvalue weighted by Gasteiger charge is -2.43. The molecule has 2 saturated heterocycles. The average molecular weight is 346 g/mol. The van der Waals surface area contributed by atoms with Crippen molar-refractivity contribution in [2.75, 3.05) is 34.4 Å². The van der Waals surface area contributed by atoms with Crippen LogP contribution in [0.15, 0.2) is 18.2 Å². The number of hydrogen-bond donors (Lipinski definition) is 0. The van der Waals surface area contributed by atoms with Crippen molar-refractivity contribution in [3.05, 3.63) is 23.8 Å². The molecule has 0 bridgehead atoms. The number of benzene rings is 1. The van der Waals surface area contributed by atoms with Crippen LogP contribution in [0.1, 0.15) is 31.2 Å². The molecule has 3 rings (SSSR count). The topological polar surface area (TPSA) is 59.1 Å². The highest BCUT2D eigenvalue weighted by molar-refractivity contribution is 5.93. The molecule has 0 radical (unpaired) electrons. The minimum atomic E-state index is -0.635. The second-order valence-corrected chi connectivity index (χ2v) is 6.87. The van der Waals surface area contributed by atoms with Gasteiger partial charge >= 0.3 is 0 Å². The maximum atomic E-state index is 13.0. The predicted molar refractivity (Wildman–Crippen MR) is 93.8 cm³/mol. The highest BCUT2D eigenvalue weighted by Crippen LogP contribution is 2.38. The summed E-state index contributed by atoms with van der Waals surface area (Å²) in [7, 11) is 5.01. The standard InChI is InChI=1S/C19H26N2O4/c1-20-10-4-8-19(18(20)23)9-5-11-21(19)17(22)12-14-6-7-15(24-2)13-16(14)25-3/h6-7,13H,4-5,8-12H2,1-3H3. The first-order chi connectivity index (χ1) is 12.0. The van der Waals surface area contributed by atoms with Crippen LogP contribution < -0.4 is 9.47 Å². The number of amides is 2. The molecule has 0 saturated carbocycles. The number of nitrogens with zero attached hydrogens (tertiary/aromatic N) is 2. The van der Waals surface area contributed by atoms with E-state index in [1.54, 1.807) is 25.2 Å². The van der Waals surface area contributed by atoms with Gasteiger partial charge in [0.1, 0.15) is 17.0 Å². The fraction of sp³-hybridized carbons (Fsp3) is 0.579. The molecule has 25 heavy (non-hydrogen) atoms. The molecule has 2 aliphatic heterocycles. The molecule has 2 heterocycles. The molecule has 2 fully saturated rings. The zero-order valence-electron chi connectivity index (χ0n) is 15.2. The lowest BCUT2D eigenvalue weighted by Crippen LogP contribution is -2.60. The van der Waals surface area contributed by atoms with Crippen LogP contribution in [-0.4, -0.2) is 61.5 Å². The Labute approximate surface area is 148 Å². The summed E-state index contributed by atoms with van der Waals surface area (Å²) in [6.07, 6.45) is 3.58. The normalized spacial score (nSPS) is 23.2. The van der Waals surface area contributed by atoms with Crippen molar-refractivity contribution in [3.8, 4) is 11.5 Å². The van der Waals surface area contributed by atoms with Gasteiger partial charge in [-0.1, -0.05) is 6.07 Å². The summed E-state index contributed by atoms with van der Waals surface area (Å²) < 4.78 is 10.6. The SMILES string of the molecule is COc1ccc(CC(=O)N2CCCC23CCCN(C)C3=O)c(OC)c1. The van der Waals surface area contributed by atoms with E-state index < -0.39 is 5.54 Å². The molecular formula is C19H26N2O4. The van der Waals surface area contributed by atoms with Crippen molar-refractivity contribution < 1.29 is 19.1 Å². The molecule has 0 aromatic heterocycles. The maximum absolute atomic E-state index is 13.0. The zero-order chi connectivity index (χ0) is 18.0. The number of carbonyl (C=O) groups excluding carboxylic acids is 2. The molecule has 1 unspecified atom stereocenters. The van der Waals surface area contributed by atoms with E-state index in [0.29, 0.717) is 18.0 Å². The van der Waals surface area contributed by atoms with Crippen molar-refractivity contribution in [2.24, 2.45) is 0 Å². The Balaban J connectivity index is 1.82. The Morgan fingerprint density at radius 1 is 1.16 bits per heavy atom. The van der Waals surface area contributed by atoms with Crippen LogP contribution in [0.3, 0.4) is 0 Å². The van der Waals surface area contributed by atoms with Gasteiger partial charge in [0.25, 0.3) is 0 Å². The Morgan fingerprint density at radius 3 is 2.56 bits per heavy atom. The zero-order valence-corrected chi connectivity index (χ0v) is 15.2. The number of likely N-dealkylation sites (N-methyl/N-ethyl adjacent to an activating group) is 1. The summed E-state index contributed by atoms with van der Waals surface area (Å²) in [5.41, 5.74) is 0.177. The van der Waals surface area contributed by atoms with Gasteiger partial charge in [0, 0.05) is 31.8 Å². The van der Waals surface area contributed by atoms with Gasteiger partial charge < -0.3 is 19.3 Å². The molecule has 1 aromatic carbocycles. The third-order valence-corrected chi connectivity index (χ3v) is 5.45. The van der Waals surface area contributed by atoms with Crippen molar-refractivity contribution in [1.29, 1.82) is 0 Å². The van der Waals surface area contributed by atoms with E-state index in [4.69, 9.17) is 9.47 Å². The van der Waals surface area contributed by atoms with Crippen LogP contribution in [0.2, 0.25) is 0 Å². The summed E-state index contributed by atoms with van der Waals surface area (Å²) in [5, 5.41) is 0. The quantitative estimate of drug-likeness (QED) is 0.835. The fourth-order valence-corrected chi connectivity index (χ4v) is 4.15. The Bertz CT molecular complexity index is 675. The molecule has 1 atom stereocenters. The van der Waals surface area contributed by atoms with Gasteiger partial charge in [0.05, 0.1) is 20.6 Å². The summed E-state index contributed by atoms with van der Waals surface area (Å²) in [6, 6.07) is 5.46. The van der Waals surface area contributed by atoms with Crippen molar-refractivity contribution >= 4 is 11.8 Å². The minimum absolute atomic E-state index is 0.00961. The third-order valence-electron chi connectivity index (χ3n) is 5.45. The van der Waals surface area contributed by atoms with E-state index in [1.165, 1.54) is 0 Å². The van der Waals surface area contributed by atoms with Gasteiger partial charge in [-0.25, -0.2) is 0 Å². The minimum Gasteiger partial charge on any atom is -0.497 e. The summed E-state index contributed by atoms with van der Waals surface area (Å²) in [6.45, 7) is 1.42. The summed E-state index contributed by atoms with van der Waals surface area (Å²) in [5.74, 6) is 1.40. The number of likely N-dealkylation sites (tertiary alicyclic amines) is 2. The van der Waals surface area contributed by atoms with Gasteiger partial charge in [0.2, 0.25) is 11.8 Å². The molecule has 6 nitrogen and oxygen atoms in total. The molecule has 1 spiro atoms. The van der Waals surface area contributed by atoms with Gasteiger partial charge in [-0.2, -0.15) is 0 Å². The van der Waals surface area contributed by atoms with Crippen LogP contribution in [0, 0.1) is 0 Å². The molecule has 0 N–H and O–H groups in total. The number of hydrogen-bond acceptors (Lipinski definition) is 4. The summed E-state index contributed by atoms with van der Waals surface area (Å²) in [4.78, 5) is 29.4. The number of ether oxygens (including phenoxy) is 2. The molecule has 136 valence electrons. The first-order valence-corrected chi connectivity index (χ1v) is 8.79. The van der Waals surface area contributed by atoms with E-state index in [0.717, 1.165) is 37.8 Å². The van der Waals surface area contributed by atoms with E-state index in [1.807, 2.05) is 24.1 Å². The lowest BCUT2D eigenvalue weighted by molar-refractivity contribution is -0.153. The van der Waals surface area contributed by atoms with Crippen LogP contribution in [-0.2, 0) is 16.0 Å². The van der Waals surface area contributed by atoms with Gasteiger partial charge in [-0.05, 0) is 31.7 Å². The van der Waals surface area contributed by atoms with Crippen LogP contribution >= 0.6 is 0 Å². The van der Waals surface area contributed by atoms with E-state index in [2.05, 4.69) is 0 Å². The van der Waals surface area contributed by atoms with E-state index >= 15 is 0 Å². The number of carbonyl (C=O) groups is 2. The smallest absolute Gasteiger partial charge is 0.248 e. The second kappa shape index (κ2) is 6.94. The first kappa shape index (κ1) is 17.6. The molecular weight excluding hydrogens is 320 g/mol. The fourth-order valence-electron chi connectivity index (χ4n) is 4.15. The number of rotatable bonds is 4. The highest BCUT2D eigenvalue weighted by atomic mass is 16.5. The highest BCUT2D eigenvalue weighted by Gasteiger charge is 2.51. The monoisotopic (exact) mass is 346 g/mol. The Kier molecular flexibility index (Phi) is 4.88.